The van der Waals surface area contributed by atoms with Gasteiger partial charge in [0, 0.05) is 16.5 Å². The molecule has 146 valence electrons. The van der Waals surface area contributed by atoms with Crippen LogP contribution in [0.5, 0.6) is 0 Å². The maximum absolute atomic E-state index is 12.6. The fraction of sp³-hybridized carbons (Fsp3) is 0.333. The summed E-state index contributed by atoms with van der Waals surface area (Å²) in [7, 11) is -3.07. The van der Waals surface area contributed by atoms with Crippen LogP contribution in [0.4, 0.5) is 5.69 Å². The Morgan fingerprint density at radius 1 is 1.07 bits per heavy atom. The predicted molar refractivity (Wildman–Crippen MR) is 115 cm³/mol. The lowest BCUT2D eigenvalue weighted by molar-refractivity contribution is 0.100. The van der Waals surface area contributed by atoms with Gasteiger partial charge in [-0.25, -0.2) is 8.42 Å². The van der Waals surface area contributed by atoms with E-state index >= 15 is 0 Å². The Hall–Kier alpha value is -2.12. The molecular formula is C21H22N2O3S2. The zero-order valence-corrected chi connectivity index (χ0v) is 17.4. The summed E-state index contributed by atoms with van der Waals surface area (Å²) in [6, 6.07) is 16.8. The van der Waals surface area contributed by atoms with Crippen molar-refractivity contribution < 1.29 is 13.2 Å². The number of nitrogens with zero attached hydrogens (tertiary/aromatic N) is 2. The first-order valence-electron chi connectivity index (χ1n) is 9.28. The van der Waals surface area contributed by atoms with Crippen molar-refractivity contribution in [2.45, 2.75) is 31.1 Å². The number of hydrogen-bond donors (Lipinski definition) is 0. The molecule has 2 fully saturated rings. The van der Waals surface area contributed by atoms with Gasteiger partial charge in [-0.15, -0.1) is 0 Å². The second-order valence-corrected chi connectivity index (χ2v) is 10.8. The molecule has 2 aliphatic rings. The van der Waals surface area contributed by atoms with E-state index in [0.29, 0.717) is 16.6 Å². The quantitative estimate of drug-likeness (QED) is 0.766. The summed E-state index contributed by atoms with van der Waals surface area (Å²) in [4.78, 5) is 18.9. The van der Waals surface area contributed by atoms with E-state index in [1.807, 2.05) is 23.1 Å². The molecule has 4 rings (SSSR count). The predicted octanol–water partition coefficient (Wildman–Crippen LogP) is 3.73. The van der Waals surface area contributed by atoms with Crippen molar-refractivity contribution >= 4 is 38.4 Å². The van der Waals surface area contributed by atoms with Crippen LogP contribution >= 0.6 is 11.8 Å². The molecule has 1 amide bonds. The fourth-order valence-corrected chi connectivity index (χ4v) is 7.53. The summed E-state index contributed by atoms with van der Waals surface area (Å²) in [5.41, 5.74) is 2.61. The number of carbonyl (C=O) groups is 1. The number of fused-ring (bicyclic) bond motifs is 1. The summed E-state index contributed by atoms with van der Waals surface area (Å²) in [6.45, 7) is 4.26. The summed E-state index contributed by atoms with van der Waals surface area (Å²) in [6.07, 6.45) is 0. The molecule has 0 aromatic heterocycles. The van der Waals surface area contributed by atoms with Gasteiger partial charge in [-0.05, 0) is 35.7 Å². The Morgan fingerprint density at radius 3 is 2.39 bits per heavy atom. The van der Waals surface area contributed by atoms with Crippen molar-refractivity contribution in [1.82, 2.24) is 0 Å². The van der Waals surface area contributed by atoms with E-state index in [1.165, 1.54) is 17.3 Å². The molecule has 5 nitrogen and oxygen atoms in total. The number of amides is 1. The van der Waals surface area contributed by atoms with Crippen LogP contribution in [0.1, 0.15) is 35.7 Å². The highest BCUT2D eigenvalue weighted by atomic mass is 32.2. The maximum Gasteiger partial charge on any atom is 0.279 e. The summed E-state index contributed by atoms with van der Waals surface area (Å²) in [5.74, 6) is 0.320. The molecule has 2 heterocycles. The Labute approximate surface area is 169 Å². The normalized spacial score (nSPS) is 24.7. The minimum Gasteiger partial charge on any atom is -0.316 e. The third-order valence-corrected chi connectivity index (χ3v) is 8.33. The lowest BCUT2D eigenvalue weighted by Crippen LogP contribution is -2.37. The molecule has 0 radical (unpaired) electrons. The number of benzene rings is 2. The molecule has 0 unspecified atom stereocenters. The molecule has 2 aliphatic heterocycles. The SMILES string of the molecule is CC(C)c1ccc(N2C(=NC(=O)c3ccccc3)S[C@H]3CS(=O)(=O)C[C@H]32)cc1. The standard InChI is InChI=1S/C21H22N2O3S2/c1-14(2)15-8-10-17(11-9-15)23-18-12-28(25,26)13-19(18)27-21(23)22-20(24)16-6-4-3-5-7-16/h3-11,14,18-19H,12-13H2,1-2H3/t18-,19+/m1/s1. The van der Waals surface area contributed by atoms with E-state index in [1.54, 1.807) is 24.3 Å². The van der Waals surface area contributed by atoms with Crippen molar-refractivity contribution in [1.29, 1.82) is 0 Å². The number of aliphatic imine (C=N–C) groups is 1. The summed E-state index contributed by atoms with van der Waals surface area (Å²) >= 11 is 1.40. The van der Waals surface area contributed by atoms with Crippen molar-refractivity contribution in [3.8, 4) is 0 Å². The second-order valence-electron chi connectivity index (χ2n) is 7.48. The number of thioether (sulfide) groups is 1. The molecule has 2 saturated heterocycles. The monoisotopic (exact) mass is 414 g/mol. The molecule has 0 saturated carbocycles. The van der Waals surface area contributed by atoms with Crippen LogP contribution in [-0.2, 0) is 9.84 Å². The smallest absolute Gasteiger partial charge is 0.279 e. The van der Waals surface area contributed by atoms with E-state index in [4.69, 9.17) is 0 Å². The van der Waals surface area contributed by atoms with E-state index in [-0.39, 0.29) is 28.7 Å². The molecule has 7 heteroatoms. The number of anilines is 1. The van der Waals surface area contributed by atoms with Gasteiger partial charge in [0.15, 0.2) is 15.0 Å². The van der Waals surface area contributed by atoms with Crippen LogP contribution in [0.15, 0.2) is 59.6 Å². The Balaban J connectivity index is 1.71. The van der Waals surface area contributed by atoms with Gasteiger partial charge < -0.3 is 4.90 Å². The van der Waals surface area contributed by atoms with E-state index in [2.05, 4.69) is 31.0 Å². The van der Waals surface area contributed by atoms with Crippen LogP contribution in [-0.4, -0.2) is 42.3 Å². The van der Waals surface area contributed by atoms with E-state index in [9.17, 15) is 13.2 Å². The molecule has 0 spiro atoms. The number of amidine groups is 1. The van der Waals surface area contributed by atoms with Crippen molar-refractivity contribution in [2.75, 3.05) is 16.4 Å². The zero-order chi connectivity index (χ0) is 19.9. The highest BCUT2D eigenvalue weighted by molar-refractivity contribution is 8.16. The first kappa shape index (κ1) is 19.2. The lowest BCUT2D eigenvalue weighted by atomic mass is 10.0. The van der Waals surface area contributed by atoms with Gasteiger partial charge in [0.05, 0.1) is 17.5 Å². The minimum atomic E-state index is -3.07. The average molecular weight is 415 g/mol. The molecule has 0 aliphatic carbocycles. The molecule has 0 bridgehead atoms. The molecular weight excluding hydrogens is 392 g/mol. The van der Waals surface area contributed by atoms with Crippen LogP contribution in [0.2, 0.25) is 0 Å². The van der Waals surface area contributed by atoms with Crippen molar-refractivity contribution in [3.05, 3.63) is 65.7 Å². The number of rotatable bonds is 3. The highest BCUT2D eigenvalue weighted by Crippen LogP contribution is 2.41. The molecule has 2 aromatic carbocycles. The minimum absolute atomic E-state index is 0.0924. The van der Waals surface area contributed by atoms with Crippen molar-refractivity contribution in [2.24, 2.45) is 4.99 Å². The van der Waals surface area contributed by atoms with Gasteiger partial charge in [-0.1, -0.05) is 55.9 Å². The van der Waals surface area contributed by atoms with Crippen molar-refractivity contribution in [3.63, 3.8) is 0 Å². The number of carbonyl (C=O) groups excluding carboxylic acids is 1. The maximum atomic E-state index is 12.6. The number of hydrogen-bond acceptors (Lipinski definition) is 4. The Morgan fingerprint density at radius 2 is 1.75 bits per heavy atom. The van der Waals surface area contributed by atoms with Crippen LogP contribution in [0, 0.1) is 0 Å². The lowest BCUT2D eigenvalue weighted by Gasteiger charge is -2.25. The fourth-order valence-electron chi connectivity index (χ4n) is 3.62. The second kappa shape index (κ2) is 7.37. The average Bonchev–Trinajstić information content (AvgIpc) is 3.13. The van der Waals surface area contributed by atoms with Gasteiger partial charge in [0.2, 0.25) is 0 Å². The highest BCUT2D eigenvalue weighted by Gasteiger charge is 2.49. The molecule has 2 aromatic rings. The molecule has 28 heavy (non-hydrogen) atoms. The van der Waals surface area contributed by atoms with Gasteiger partial charge in [0.1, 0.15) is 0 Å². The first-order chi connectivity index (χ1) is 13.3. The zero-order valence-electron chi connectivity index (χ0n) is 15.8. The Kier molecular flexibility index (Phi) is 5.05. The largest absolute Gasteiger partial charge is 0.316 e. The van der Waals surface area contributed by atoms with Crippen LogP contribution < -0.4 is 4.90 Å². The summed E-state index contributed by atoms with van der Waals surface area (Å²) < 4.78 is 24.3. The first-order valence-corrected chi connectivity index (χ1v) is 12.0. The number of sulfone groups is 1. The third kappa shape index (κ3) is 3.73. The van der Waals surface area contributed by atoms with Gasteiger partial charge in [-0.2, -0.15) is 4.99 Å². The van der Waals surface area contributed by atoms with E-state index in [0.717, 1.165) is 5.69 Å². The molecule has 2 atom stereocenters. The topological polar surface area (TPSA) is 66.8 Å². The summed E-state index contributed by atoms with van der Waals surface area (Å²) in [5, 5.41) is 0.480. The third-order valence-electron chi connectivity index (χ3n) is 5.12. The van der Waals surface area contributed by atoms with Gasteiger partial charge in [0.25, 0.3) is 5.91 Å². The van der Waals surface area contributed by atoms with Crippen LogP contribution in [0.25, 0.3) is 0 Å². The Bertz CT molecular complexity index is 1020. The molecule has 0 N–H and O–H groups in total. The van der Waals surface area contributed by atoms with Gasteiger partial charge in [-0.3, -0.25) is 4.79 Å². The van der Waals surface area contributed by atoms with Gasteiger partial charge >= 0.3 is 0 Å². The van der Waals surface area contributed by atoms with Crippen LogP contribution in [0.3, 0.4) is 0 Å². The van der Waals surface area contributed by atoms with E-state index < -0.39 is 9.84 Å².